The van der Waals surface area contributed by atoms with Gasteiger partial charge < -0.3 is 15.9 Å². The monoisotopic (exact) mass is 167 g/mol. The van der Waals surface area contributed by atoms with Gasteiger partial charge >= 0.3 is 0 Å². The zero-order chi connectivity index (χ0) is 9.14. The Bertz CT molecular complexity index is 273. The molecule has 0 aliphatic heterocycles. The smallest absolute Gasteiger partial charge is 0.120 e. The molecular weight excluding hydrogens is 154 g/mol. The quantitative estimate of drug-likeness (QED) is 0.607. The number of aliphatic hydroxyl groups excluding tert-OH is 1. The first kappa shape index (κ1) is 9.03. The molecule has 1 atom stereocenters. The lowest BCUT2D eigenvalue weighted by molar-refractivity contribution is 0.265. The number of rotatable bonds is 2. The summed E-state index contributed by atoms with van der Waals surface area (Å²) < 4.78 is 0. The lowest BCUT2D eigenvalue weighted by Gasteiger charge is -2.10. The Labute approximate surface area is 71.5 Å². The van der Waals surface area contributed by atoms with Gasteiger partial charge in [-0.25, -0.2) is 0 Å². The van der Waals surface area contributed by atoms with Crippen LogP contribution in [0.2, 0.25) is 0 Å². The third-order valence-electron chi connectivity index (χ3n) is 1.78. The molecule has 4 N–H and O–H groups in total. The Morgan fingerprint density at radius 3 is 2.75 bits per heavy atom. The summed E-state index contributed by atoms with van der Waals surface area (Å²) in [6.45, 7) is 1.75. The number of aromatic hydroxyl groups is 1. The number of phenolic OH excluding ortho intramolecular Hbond substituents is 1. The molecule has 0 spiro atoms. The van der Waals surface area contributed by atoms with Crippen molar-refractivity contribution in [1.82, 2.24) is 0 Å². The highest BCUT2D eigenvalue weighted by Gasteiger charge is 2.08. The maximum absolute atomic E-state index is 9.35. The lowest BCUT2D eigenvalue weighted by atomic mass is 10.0. The summed E-state index contributed by atoms with van der Waals surface area (Å²) >= 11 is 0. The second-order valence-corrected chi connectivity index (χ2v) is 2.85. The van der Waals surface area contributed by atoms with E-state index in [2.05, 4.69) is 0 Å². The molecule has 66 valence electrons. The van der Waals surface area contributed by atoms with Gasteiger partial charge in [0.2, 0.25) is 0 Å². The van der Waals surface area contributed by atoms with E-state index in [1.165, 1.54) is 0 Å². The van der Waals surface area contributed by atoms with Gasteiger partial charge in [-0.3, -0.25) is 0 Å². The first-order valence-corrected chi connectivity index (χ1v) is 3.81. The molecular formula is C9H13NO2. The van der Waals surface area contributed by atoms with Crippen molar-refractivity contribution < 1.29 is 10.2 Å². The van der Waals surface area contributed by atoms with Crippen molar-refractivity contribution in [2.45, 2.75) is 13.0 Å². The van der Waals surface area contributed by atoms with Crippen LogP contribution in [0, 0.1) is 6.92 Å². The highest BCUT2D eigenvalue weighted by Crippen LogP contribution is 2.23. The molecule has 0 unspecified atom stereocenters. The van der Waals surface area contributed by atoms with Crippen LogP contribution in [0.5, 0.6) is 5.75 Å². The zero-order valence-electron chi connectivity index (χ0n) is 6.99. The molecule has 0 radical (unpaired) electrons. The second kappa shape index (κ2) is 3.56. The van der Waals surface area contributed by atoms with Gasteiger partial charge in [0, 0.05) is 5.56 Å². The predicted molar refractivity (Wildman–Crippen MR) is 46.9 cm³/mol. The van der Waals surface area contributed by atoms with Gasteiger partial charge in [-0.15, -0.1) is 0 Å². The normalized spacial score (nSPS) is 12.9. The minimum Gasteiger partial charge on any atom is -0.508 e. The Kier molecular flexibility index (Phi) is 2.68. The maximum atomic E-state index is 9.35. The number of aryl methyl sites for hydroxylation is 1. The van der Waals surface area contributed by atoms with Crippen LogP contribution < -0.4 is 5.73 Å². The minimum absolute atomic E-state index is 0.141. The maximum Gasteiger partial charge on any atom is 0.120 e. The molecule has 0 aliphatic rings. The van der Waals surface area contributed by atoms with Crippen LogP contribution >= 0.6 is 0 Å². The molecule has 0 heterocycles. The van der Waals surface area contributed by atoms with Crippen LogP contribution in [-0.2, 0) is 0 Å². The molecule has 0 fully saturated rings. The lowest BCUT2D eigenvalue weighted by Crippen LogP contribution is -2.14. The van der Waals surface area contributed by atoms with E-state index < -0.39 is 6.04 Å². The van der Waals surface area contributed by atoms with Crippen molar-refractivity contribution in [3.8, 4) is 5.75 Å². The van der Waals surface area contributed by atoms with Crippen molar-refractivity contribution in [3.05, 3.63) is 29.3 Å². The number of nitrogens with two attached hydrogens (primary N) is 1. The fourth-order valence-corrected chi connectivity index (χ4v) is 1.07. The molecule has 1 rings (SSSR count). The van der Waals surface area contributed by atoms with E-state index in [0.29, 0.717) is 5.56 Å². The minimum atomic E-state index is -0.495. The second-order valence-electron chi connectivity index (χ2n) is 2.85. The number of phenols is 1. The molecule has 0 amide bonds. The van der Waals surface area contributed by atoms with E-state index >= 15 is 0 Å². The molecule has 1 aromatic carbocycles. The van der Waals surface area contributed by atoms with Gasteiger partial charge in [-0.1, -0.05) is 17.7 Å². The molecule has 0 saturated carbocycles. The predicted octanol–water partition coefficient (Wildman–Crippen LogP) is 0.693. The first-order chi connectivity index (χ1) is 5.65. The standard InChI is InChI=1S/C9H13NO2/c1-6-2-3-9(12)7(4-6)8(10)5-11/h2-4,8,11-12H,5,10H2,1H3/t8-/m0/s1. The van der Waals surface area contributed by atoms with Crippen LogP contribution in [0.1, 0.15) is 17.2 Å². The van der Waals surface area contributed by atoms with Crippen LogP contribution in [-0.4, -0.2) is 16.8 Å². The van der Waals surface area contributed by atoms with Crippen LogP contribution in [0.4, 0.5) is 0 Å². The van der Waals surface area contributed by atoms with Gasteiger partial charge in [-0.2, -0.15) is 0 Å². The van der Waals surface area contributed by atoms with E-state index in [0.717, 1.165) is 5.56 Å². The Morgan fingerprint density at radius 2 is 2.17 bits per heavy atom. The van der Waals surface area contributed by atoms with Gasteiger partial charge in [0.25, 0.3) is 0 Å². The molecule has 1 aromatic rings. The number of aliphatic hydroxyl groups is 1. The number of hydrogen-bond acceptors (Lipinski definition) is 3. The molecule has 0 bridgehead atoms. The third kappa shape index (κ3) is 1.75. The Hall–Kier alpha value is -1.06. The summed E-state index contributed by atoms with van der Waals surface area (Å²) in [6, 6.07) is 4.66. The fraction of sp³-hybridized carbons (Fsp3) is 0.333. The van der Waals surface area contributed by atoms with Crippen LogP contribution in [0.25, 0.3) is 0 Å². The van der Waals surface area contributed by atoms with E-state index in [1.807, 2.05) is 6.92 Å². The molecule has 0 aliphatic carbocycles. The van der Waals surface area contributed by atoms with Crippen molar-refractivity contribution in [2.24, 2.45) is 5.73 Å². The summed E-state index contributed by atoms with van der Waals surface area (Å²) in [5.74, 6) is 0.141. The average Bonchev–Trinajstić information content (AvgIpc) is 2.08. The van der Waals surface area contributed by atoms with Crippen molar-refractivity contribution in [2.75, 3.05) is 6.61 Å². The van der Waals surface area contributed by atoms with Crippen molar-refractivity contribution in [3.63, 3.8) is 0 Å². The topological polar surface area (TPSA) is 66.5 Å². The Morgan fingerprint density at radius 1 is 1.50 bits per heavy atom. The largest absolute Gasteiger partial charge is 0.508 e. The highest BCUT2D eigenvalue weighted by molar-refractivity contribution is 5.37. The van der Waals surface area contributed by atoms with Crippen molar-refractivity contribution in [1.29, 1.82) is 0 Å². The van der Waals surface area contributed by atoms with Gasteiger partial charge in [0.15, 0.2) is 0 Å². The van der Waals surface area contributed by atoms with Gasteiger partial charge in [0.1, 0.15) is 5.75 Å². The van der Waals surface area contributed by atoms with Gasteiger partial charge in [-0.05, 0) is 13.0 Å². The van der Waals surface area contributed by atoms with E-state index in [1.54, 1.807) is 18.2 Å². The highest BCUT2D eigenvalue weighted by atomic mass is 16.3. The summed E-state index contributed by atoms with van der Waals surface area (Å²) in [7, 11) is 0. The third-order valence-corrected chi connectivity index (χ3v) is 1.78. The number of hydrogen-bond donors (Lipinski definition) is 3. The zero-order valence-corrected chi connectivity index (χ0v) is 6.99. The Balaban J connectivity index is 3.04. The molecule has 12 heavy (non-hydrogen) atoms. The summed E-state index contributed by atoms with van der Waals surface area (Å²) in [5, 5.41) is 18.1. The molecule has 0 saturated heterocycles. The fourth-order valence-electron chi connectivity index (χ4n) is 1.07. The van der Waals surface area contributed by atoms with Gasteiger partial charge in [0.05, 0.1) is 12.6 Å². The SMILES string of the molecule is Cc1ccc(O)c([C@@H](N)CO)c1. The molecule has 3 nitrogen and oxygen atoms in total. The first-order valence-electron chi connectivity index (χ1n) is 3.81. The van der Waals surface area contributed by atoms with E-state index in [9.17, 15) is 5.11 Å². The van der Waals surface area contributed by atoms with Crippen molar-refractivity contribution >= 4 is 0 Å². The summed E-state index contributed by atoms with van der Waals surface area (Å²) in [4.78, 5) is 0. The van der Waals surface area contributed by atoms with Crippen LogP contribution in [0.3, 0.4) is 0 Å². The molecule has 3 heteroatoms. The number of benzene rings is 1. The van der Waals surface area contributed by atoms with E-state index in [-0.39, 0.29) is 12.4 Å². The molecule has 0 aromatic heterocycles. The summed E-state index contributed by atoms with van der Waals surface area (Å²) in [5.41, 5.74) is 7.17. The van der Waals surface area contributed by atoms with E-state index in [4.69, 9.17) is 10.8 Å². The summed E-state index contributed by atoms with van der Waals surface area (Å²) in [6.07, 6.45) is 0. The average molecular weight is 167 g/mol. The van der Waals surface area contributed by atoms with Crippen LogP contribution in [0.15, 0.2) is 18.2 Å².